The molecule has 0 spiro atoms. The number of phenols is 2. The molecule has 0 saturated heterocycles. The van der Waals surface area contributed by atoms with E-state index in [2.05, 4.69) is 0 Å². The zero-order chi connectivity index (χ0) is 16.8. The lowest BCUT2D eigenvalue weighted by Gasteiger charge is -2.08. The van der Waals surface area contributed by atoms with Crippen LogP contribution in [0.1, 0.15) is 15.9 Å². The highest BCUT2D eigenvalue weighted by atomic mass is 16.6. The summed E-state index contributed by atoms with van der Waals surface area (Å²) >= 11 is 0. The number of phenolic OH excluding ortho intramolecular Hbond substituents is 2. The average Bonchev–Trinajstić information content (AvgIpc) is 2.56. The Morgan fingerprint density at radius 3 is 2.39 bits per heavy atom. The number of esters is 1. The van der Waals surface area contributed by atoms with Gasteiger partial charge in [0.2, 0.25) is 0 Å². The van der Waals surface area contributed by atoms with E-state index in [1.54, 1.807) is 0 Å². The lowest BCUT2D eigenvalue weighted by Crippen LogP contribution is -2.05. The SMILES string of the molecule is COc1cc(C=O)ccc1OC(=O)C=Cc1ccc(O)c(O)c1. The Morgan fingerprint density at radius 2 is 1.74 bits per heavy atom. The Bertz CT molecular complexity index is 764. The van der Waals surface area contributed by atoms with E-state index >= 15 is 0 Å². The van der Waals surface area contributed by atoms with E-state index in [9.17, 15) is 19.8 Å². The minimum Gasteiger partial charge on any atom is -0.504 e. The van der Waals surface area contributed by atoms with Crippen LogP contribution in [-0.2, 0) is 4.79 Å². The molecule has 2 rings (SSSR count). The van der Waals surface area contributed by atoms with Crippen molar-refractivity contribution in [2.45, 2.75) is 0 Å². The van der Waals surface area contributed by atoms with Gasteiger partial charge in [0.25, 0.3) is 0 Å². The van der Waals surface area contributed by atoms with Crippen LogP contribution in [0.25, 0.3) is 6.08 Å². The predicted molar refractivity (Wildman–Crippen MR) is 82.8 cm³/mol. The van der Waals surface area contributed by atoms with Gasteiger partial charge < -0.3 is 19.7 Å². The maximum atomic E-state index is 11.8. The van der Waals surface area contributed by atoms with Gasteiger partial charge in [-0.2, -0.15) is 0 Å². The first-order chi connectivity index (χ1) is 11.0. The highest BCUT2D eigenvalue weighted by Gasteiger charge is 2.09. The molecule has 0 aromatic heterocycles. The third-order valence-electron chi connectivity index (χ3n) is 2.95. The van der Waals surface area contributed by atoms with Gasteiger partial charge in [-0.15, -0.1) is 0 Å². The van der Waals surface area contributed by atoms with Crippen molar-refractivity contribution in [3.63, 3.8) is 0 Å². The van der Waals surface area contributed by atoms with Crippen LogP contribution in [0.3, 0.4) is 0 Å². The minimum atomic E-state index is -0.658. The first-order valence-corrected chi connectivity index (χ1v) is 6.58. The monoisotopic (exact) mass is 314 g/mol. The maximum absolute atomic E-state index is 11.8. The van der Waals surface area contributed by atoms with Gasteiger partial charge in [0.05, 0.1) is 7.11 Å². The fourth-order valence-corrected chi connectivity index (χ4v) is 1.79. The summed E-state index contributed by atoms with van der Waals surface area (Å²) in [5.41, 5.74) is 0.914. The number of hydrogen-bond acceptors (Lipinski definition) is 6. The van der Waals surface area contributed by atoms with E-state index in [-0.39, 0.29) is 23.0 Å². The van der Waals surface area contributed by atoms with Gasteiger partial charge in [-0.1, -0.05) is 6.07 Å². The largest absolute Gasteiger partial charge is 0.504 e. The van der Waals surface area contributed by atoms with Crippen molar-refractivity contribution in [2.75, 3.05) is 7.11 Å². The molecule has 0 fully saturated rings. The van der Waals surface area contributed by atoms with Crippen LogP contribution in [0.2, 0.25) is 0 Å². The Morgan fingerprint density at radius 1 is 1.00 bits per heavy atom. The molecule has 0 aliphatic heterocycles. The summed E-state index contributed by atoms with van der Waals surface area (Å²) in [6.45, 7) is 0. The number of benzene rings is 2. The molecule has 0 bridgehead atoms. The molecule has 0 amide bonds. The summed E-state index contributed by atoms with van der Waals surface area (Å²) in [5.74, 6) is -0.744. The molecule has 0 heterocycles. The fourth-order valence-electron chi connectivity index (χ4n) is 1.79. The van der Waals surface area contributed by atoms with Crippen molar-refractivity contribution in [2.24, 2.45) is 0 Å². The van der Waals surface area contributed by atoms with Crippen LogP contribution in [0.15, 0.2) is 42.5 Å². The van der Waals surface area contributed by atoms with Crippen molar-refractivity contribution in [3.05, 3.63) is 53.6 Å². The molecule has 23 heavy (non-hydrogen) atoms. The fraction of sp³-hybridized carbons (Fsp3) is 0.0588. The predicted octanol–water partition coefficient (Wildman–Crippen LogP) is 2.54. The Kier molecular flexibility index (Phi) is 4.99. The standard InChI is InChI=1S/C17H14O6/c1-22-16-9-12(10-18)3-6-15(16)23-17(21)7-4-11-2-5-13(19)14(20)8-11/h2-10,19-20H,1H3. The lowest BCUT2D eigenvalue weighted by molar-refractivity contribution is -0.129. The summed E-state index contributed by atoms with van der Waals surface area (Å²) in [5, 5.41) is 18.6. The number of methoxy groups -OCH3 is 1. The van der Waals surface area contributed by atoms with Crippen molar-refractivity contribution < 1.29 is 29.3 Å². The van der Waals surface area contributed by atoms with E-state index < -0.39 is 5.97 Å². The smallest absolute Gasteiger partial charge is 0.336 e. The molecule has 0 unspecified atom stereocenters. The van der Waals surface area contributed by atoms with Gasteiger partial charge >= 0.3 is 5.97 Å². The summed E-state index contributed by atoms with van der Waals surface area (Å²) in [6, 6.07) is 8.55. The summed E-state index contributed by atoms with van der Waals surface area (Å²) in [7, 11) is 1.40. The van der Waals surface area contributed by atoms with Crippen molar-refractivity contribution in [1.82, 2.24) is 0 Å². The lowest BCUT2D eigenvalue weighted by atomic mass is 10.2. The van der Waals surface area contributed by atoms with E-state index in [4.69, 9.17) is 9.47 Å². The minimum absolute atomic E-state index is 0.182. The van der Waals surface area contributed by atoms with Gasteiger partial charge in [-0.3, -0.25) is 4.79 Å². The molecule has 2 aromatic rings. The van der Waals surface area contributed by atoms with E-state index in [1.165, 1.54) is 55.7 Å². The summed E-state index contributed by atoms with van der Waals surface area (Å²) in [6.07, 6.45) is 3.25. The molecule has 0 saturated carbocycles. The number of carbonyl (C=O) groups is 2. The number of hydrogen-bond donors (Lipinski definition) is 2. The number of carbonyl (C=O) groups excluding carboxylic acids is 2. The molecule has 6 heteroatoms. The molecule has 2 N–H and O–H groups in total. The molecular weight excluding hydrogens is 300 g/mol. The van der Waals surface area contributed by atoms with Crippen LogP contribution in [0.5, 0.6) is 23.0 Å². The topological polar surface area (TPSA) is 93.1 Å². The van der Waals surface area contributed by atoms with Crippen LogP contribution < -0.4 is 9.47 Å². The Balaban J connectivity index is 2.11. The average molecular weight is 314 g/mol. The third-order valence-corrected chi connectivity index (χ3v) is 2.95. The van der Waals surface area contributed by atoms with Crippen molar-refractivity contribution in [3.8, 4) is 23.0 Å². The van der Waals surface area contributed by atoms with Crippen LogP contribution in [0, 0.1) is 0 Å². The Labute approximate surface area is 132 Å². The van der Waals surface area contributed by atoms with E-state index in [0.29, 0.717) is 17.4 Å². The number of aromatic hydroxyl groups is 2. The number of rotatable bonds is 5. The number of ether oxygens (including phenoxy) is 2. The third kappa shape index (κ3) is 4.10. The first-order valence-electron chi connectivity index (χ1n) is 6.58. The normalized spacial score (nSPS) is 10.5. The molecule has 2 aromatic carbocycles. The molecule has 118 valence electrons. The Hall–Kier alpha value is -3.28. The molecule has 0 aliphatic carbocycles. The molecule has 0 radical (unpaired) electrons. The summed E-state index contributed by atoms with van der Waals surface area (Å²) in [4.78, 5) is 22.5. The molecular formula is C17H14O6. The van der Waals surface area contributed by atoms with Gasteiger partial charge in [-0.05, 0) is 42.0 Å². The van der Waals surface area contributed by atoms with Crippen molar-refractivity contribution >= 4 is 18.3 Å². The van der Waals surface area contributed by atoms with Crippen LogP contribution in [0.4, 0.5) is 0 Å². The van der Waals surface area contributed by atoms with Gasteiger partial charge in [0.15, 0.2) is 23.0 Å². The zero-order valence-electron chi connectivity index (χ0n) is 12.2. The van der Waals surface area contributed by atoms with Crippen molar-refractivity contribution in [1.29, 1.82) is 0 Å². The van der Waals surface area contributed by atoms with Gasteiger partial charge in [-0.25, -0.2) is 4.79 Å². The zero-order valence-corrected chi connectivity index (χ0v) is 12.2. The molecule has 0 aliphatic rings. The second-order valence-electron chi connectivity index (χ2n) is 4.53. The van der Waals surface area contributed by atoms with Crippen LogP contribution >= 0.6 is 0 Å². The highest BCUT2D eigenvalue weighted by Crippen LogP contribution is 2.28. The molecule has 6 nitrogen and oxygen atoms in total. The summed E-state index contributed by atoms with van der Waals surface area (Å²) < 4.78 is 10.2. The first kappa shape index (κ1) is 16.1. The van der Waals surface area contributed by atoms with Gasteiger partial charge in [0, 0.05) is 11.6 Å². The quantitative estimate of drug-likeness (QED) is 0.290. The number of aldehydes is 1. The second-order valence-corrected chi connectivity index (χ2v) is 4.53. The highest BCUT2D eigenvalue weighted by molar-refractivity contribution is 5.89. The maximum Gasteiger partial charge on any atom is 0.336 e. The van der Waals surface area contributed by atoms with E-state index in [1.807, 2.05) is 0 Å². The van der Waals surface area contributed by atoms with E-state index in [0.717, 1.165) is 0 Å². The van der Waals surface area contributed by atoms with Crippen LogP contribution in [-0.4, -0.2) is 29.6 Å². The van der Waals surface area contributed by atoms with Gasteiger partial charge in [0.1, 0.15) is 6.29 Å². The molecule has 0 atom stereocenters. The second kappa shape index (κ2) is 7.13.